The highest BCUT2D eigenvalue weighted by Gasteiger charge is 2.35. The van der Waals surface area contributed by atoms with E-state index in [1.165, 1.54) is 64.2 Å². The molecule has 1 aliphatic heterocycles. The fraction of sp³-hybridized carbons (Fsp3) is 0.789. The van der Waals surface area contributed by atoms with Crippen LogP contribution in [0.25, 0.3) is 0 Å². The van der Waals surface area contributed by atoms with Gasteiger partial charge in [0.15, 0.2) is 0 Å². The van der Waals surface area contributed by atoms with E-state index in [0.717, 1.165) is 18.9 Å². The van der Waals surface area contributed by atoms with Crippen LogP contribution in [0.2, 0.25) is 0 Å². The van der Waals surface area contributed by atoms with Gasteiger partial charge in [0.1, 0.15) is 5.69 Å². The molecule has 0 unspecified atom stereocenters. The largest absolute Gasteiger partial charge is 0.334 e. The Bertz CT molecular complexity index is 547. The first-order chi connectivity index (χ1) is 11.3. The van der Waals surface area contributed by atoms with E-state index in [0.29, 0.717) is 17.8 Å². The highest BCUT2D eigenvalue weighted by atomic mass is 16.2. The average Bonchev–Trinajstić information content (AvgIpc) is 3.22. The maximum atomic E-state index is 13.1. The molecule has 0 spiro atoms. The molecule has 0 N–H and O–H groups in total. The van der Waals surface area contributed by atoms with Crippen LogP contribution in [0.3, 0.4) is 0 Å². The quantitative estimate of drug-likeness (QED) is 0.821. The Labute approximate surface area is 139 Å². The molecule has 3 fully saturated rings. The lowest BCUT2D eigenvalue weighted by Crippen LogP contribution is -2.45. The monoisotopic (exact) mass is 315 g/mol. The summed E-state index contributed by atoms with van der Waals surface area (Å²) in [5, 5.41) is 4.66. The Morgan fingerprint density at radius 1 is 0.957 bits per heavy atom. The van der Waals surface area contributed by atoms with Crippen molar-refractivity contribution in [3.63, 3.8) is 0 Å². The molecule has 1 saturated heterocycles. The van der Waals surface area contributed by atoms with Crippen LogP contribution in [-0.4, -0.2) is 33.2 Å². The molecular weight excluding hydrogens is 286 g/mol. The molecule has 0 bridgehead atoms. The van der Waals surface area contributed by atoms with E-state index in [4.69, 9.17) is 0 Å². The Morgan fingerprint density at radius 2 is 1.65 bits per heavy atom. The van der Waals surface area contributed by atoms with Crippen LogP contribution in [0.1, 0.15) is 87.2 Å². The van der Waals surface area contributed by atoms with Crippen LogP contribution < -0.4 is 0 Å². The summed E-state index contributed by atoms with van der Waals surface area (Å²) < 4.78 is 2.05. The maximum Gasteiger partial charge on any atom is 0.274 e. The molecule has 1 amide bonds. The van der Waals surface area contributed by atoms with E-state index < -0.39 is 0 Å². The summed E-state index contributed by atoms with van der Waals surface area (Å²) in [5.41, 5.74) is 0.670. The van der Waals surface area contributed by atoms with Gasteiger partial charge in [-0.25, -0.2) is 0 Å². The first-order valence-electron chi connectivity index (χ1n) is 9.69. The fourth-order valence-corrected chi connectivity index (χ4v) is 5.01. The zero-order valence-electron chi connectivity index (χ0n) is 14.1. The molecule has 2 aliphatic carbocycles. The topological polar surface area (TPSA) is 38.1 Å². The summed E-state index contributed by atoms with van der Waals surface area (Å²) in [4.78, 5) is 15.3. The Hall–Kier alpha value is -1.32. The Morgan fingerprint density at radius 3 is 2.48 bits per heavy atom. The van der Waals surface area contributed by atoms with Crippen molar-refractivity contribution in [3.8, 4) is 0 Å². The van der Waals surface area contributed by atoms with Gasteiger partial charge in [-0.3, -0.25) is 9.48 Å². The fourth-order valence-electron chi connectivity index (χ4n) is 5.01. The maximum absolute atomic E-state index is 13.1. The van der Waals surface area contributed by atoms with E-state index in [2.05, 4.69) is 14.7 Å². The zero-order valence-corrected chi connectivity index (χ0v) is 14.1. The van der Waals surface area contributed by atoms with Crippen LogP contribution in [0, 0.1) is 5.92 Å². The van der Waals surface area contributed by atoms with Crippen molar-refractivity contribution in [2.75, 3.05) is 6.54 Å². The van der Waals surface area contributed by atoms with Gasteiger partial charge in [-0.15, -0.1) is 0 Å². The molecule has 0 radical (unpaired) electrons. The number of carbonyl (C=O) groups excluding carboxylic acids is 1. The summed E-state index contributed by atoms with van der Waals surface area (Å²) in [6.45, 7) is 0.927. The lowest BCUT2D eigenvalue weighted by molar-refractivity contribution is 0.0562. The molecule has 2 saturated carbocycles. The minimum atomic E-state index is 0.181. The van der Waals surface area contributed by atoms with Gasteiger partial charge in [0.05, 0.1) is 6.04 Å². The van der Waals surface area contributed by atoms with Gasteiger partial charge < -0.3 is 4.90 Å². The number of hydrogen-bond acceptors (Lipinski definition) is 2. The van der Waals surface area contributed by atoms with Gasteiger partial charge in [-0.2, -0.15) is 5.10 Å². The van der Waals surface area contributed by atoms with Gasteiger partial charge in [-0.1, -0.05) is 32.1 Å². The zero-order chi connectivity index (χ0) is 15.6. The molecule has 2 atom stereocenters. The predicted molar refractivity (Wildman–Crippen MR) is 90.4 cm³/mol. The van der Waals surface area contributed by atoms with E-state index in [1.54, 1.807) is 0 Å². The molecule has 4 nitrogen and oxygen atoms in total. The van der Waals surface area contributed by atoms with Crippen LogP contribution in [0.4, 0.5) is 0 Å². The van der Waals surface area contributed by atoms with E-state index in [9.17, 15) is 4.79 Å². The number of fused-ring (bicyclic) bond motifs is 1. The van der Waals surface area contributed by atoms with Crippen molar-refractivity contribution >= 4 is 5.91 Å². The predicted octanol–water partition coefficient (Wildman–Crippen LogP) is 4.18. The minimum absolute atomic E-state index is 0.181. The Balaban J connectivity index is 1.52. The molecule has 0 aromatic carbocycles. The molecule has 1 aromatic rings. The second-order valence-corrected chi connectivity index (χ2v) is 7.73. The summed E-state index contributed by atoms with van der Waals surface area (Å²) >= 11 is 0. The molecule has 1 aromatic heterocycles. The second-order valence-electron chi connectivity index (χ2n) is 7.73. The molecule has 2 heterocycles. The molecule has 23 heavy (non-hydrogen) atoms. The molecule has 126 valence electrons. The van der Waals surface area contributed by atoms with Crippen LogP contribution in [0.5, 0.6) is 0 Å². The normalized spacial score (nSPS) is 29.3. The average molecular weight is 315 g/mol. The number of carbonyl (C=O) groups is 1. The van der Waals surface area contributed by atoms with E-state index in [-0.39, 0.29) is 5.91 Å². The van der Waals surface area contributed by atoms with Gasteiger partial charge in [0.2, 0.25) is 0 Å². The van der Waals surface area contributed by atoms with Crippen molar-refractivity contribution in [1.82, 2.24) is 14.7 Å². The highest BCUT2D eigenvalue weighted by Crippen LogP contribution is 2.35. The van der Waals surface area contributed by atoms with Gasteiger partial charge in [0.25, 0.3) is 5.91 Å². The van der Waals surface area contributed by atoms with Crippen molar-refractivity contribution in [2.24, 2.45) is 5.92 Å². The molecular formula is C19H29N3O. The van der Waals surface area contributed by atoms with Crippen LogP contribution in [-0.2, 0) is 0 Å². The highest BCUT2D eigenvalue weighted by molar-refractivity contribution is 5.92. The summed E-state index contributed by atoms with van der Waals surface area (Å²) in [6, 6.07) is 2.93. The number of likely N-dealkylation sites (tertiary alicyclic amines) is 1. The summed E-state index contributed by atoms with van der Waals surface area (Å²) in [7, 11) is 0. The lowest BCUT2D eigenvalue weighted by atomic mass is 9.81. The first-order valence-corrected chi connectivity index (χ1v) is 9.69. The number of nitrogens with zero attached hydrogens (tertiary/aromatic N) is 3. The third-order valence-electron chi connectivity index (χ3n) is 6.28. The SMILES string of the molecule is O=C(c1ccn(C2CCCC2)n1)N1CCCC[C@@H]2CCCC[C@H]21. The molecule has 4 heteroatoms. The third kappa shape index (κ3) is 3.05. The number of rotatable bonds is 2. The first kappa shape index (κ1) is 15.2. The van der Waals surface area contributed by atoms with Gasteiger partial charge in [0, 0.05) is 18.8 Å². The number of aromatic nitrogens is 2. The smallest absolute Gasteiger partial charge is 0.274 e. The van der Waals surface area contributed by atoms with Gasteiger partial charge >= 0.3 is 0 Å². The van der Waals surface area contributed by atoms with Crippen molar-refractivity contribution in [2.45, 2.75) is 82.7 Å². The van der Waals surface area contributed by atoms with Gasteiger partial charge in [-0.05, 0) is 50.5 Å². The Kier molecular flexibility index (Phi) is 4.41. The molecule has 4 rings (SSSR count). The minimum Gasteiger partial charge on any atom is -0.334 e. The van der Waals surface area contributed by atoms with E-state index >= 15 is 0 Å². The standard InChI is InChI=1S/C19H29N3O/c23-19(17-12-14-22(20-17)16-9-2-3-10-16)21-13-6-5-8-15-7-1-4-11-18(15)21/h12,14-16,18H,1-11,13H2/t15-,18+/m0/s1. The second kappa shape index (κ2) is 6.66. The summed E-state index contributed by atoms with van der Waals surface area (Å²) in [6.07, 6.45) is 15.9. The molecule has 3 aliphatic rings. The van der Waals surface area contributed by atoms with Crippen molar-refractivity contribution < 1.29 is 4.79 Å². The van der Waals surface area contributed by atoms with Crippen molar-refractivity contribution in [3.05, 3.63) is 18.0 Å². The number of hydrogen-bond donors (Lipinski definition) is 0. The summed E-state index contributed by atoms with van der Waals surface area (Å²) in [5.74, 6) is 0.910. The number of amides is 1. The van der Waals surface area contributed by atoms with E-state index in [1.807, 2.05) is 12.3 Å². The van der Waals surface area contributed by atoms with Crippen molar-refractivity contribution in [1.29, 1.82) is 0 Å². The lowest BCUT2D eigenvalue weighted by Gasteiger charge is -2.38. The third-order valence-corrected chi connectivity index (χ3v) is 6.28. The van der Waals surface area contributed by atoms with Crippen LogP contribution in [0.15, 0.2) is 12.3 Å². The van der Waals surface area contributed by atoms with Crippen LogP contribution >= 0.6 is 0 Å².